The first-order valence-electron chi connectivity index (χ1n) is 6.75. The predicted octanol–water partition coefficient (Wildman–Crippen LogP) is 0.700. The van der Waals surface area contributed by atoms with Crippen LogP contribution in [0.25, 0.3) is 0 Å². The van der Waals surface area contributed by atoms with E-state index in [0.29, 0.717) is 0 Å². The molecular formula is C13H15F3N2O6S. The number of halogens is 3. The minimum absolute atomic E-state index is 0.181. The fourth-order valence-electron chi connectivity index (χ4n) is 1.48. The van der Waals surface area contributed by atoms with Gasteiger partial charge in [-0.25, -0.2) is 13.1 Å². The number of carboxylic acids is 1. The number of nitrogens with one attached hydrogen (secondary N) is 2. The first-order valence-corrected chi connectivity index (χ1v) is 8.24. The van der Waals surface area contributed by atoms with Crippen LogP contribution in [0, 0.1) is 5.92 Å². The molecule has 0 aliphatic heterocycles. The molecule has 0 radical (unpaired) electrons. The third kappa shape index (κ3) is 7.39. The number of hydrogen-bond donors (Lipinski definition) is 3. The van der Waals surface area contributed by atoms with Gasteiger partial charge in [0.2, 0.25) is 15.9 Å². The van der Waals surface area contributed by atoms with Crippen molar-refractivity contribution in [2.45, 2.75) is 18.2 Å². The number of alkyl halides is 3. The summed E-state index contributed by atoms with van der Waals surface area (Å²) in [7, 11) is -4.13. The van der Waals surface area contributed by atoms with Gasteiger partial charge in [-0.2, -0.15) is 0 Å². The molecule has 3 N–H and O–H groups in total. The zero-order chi connectivity index (χ0) is 19.3. The maximum atomic E-state index is 12.0. The molecule has 0 saturated carbocycles. The fraction of sp³-hybridized carbons (Fsp3) is 0.385. The van der Waals surface area contributed by atoms with Gasteiger partial charge in [-0.1, -0.05) is 6.92 Å². The van der Waals surface area contributed by atoms with Gasteiger partial charge in [0, 0.05) is 6.54 Å². The highest BCUT2D eigenvalue weighted by Crippen LogP contribution is 2.23. The van der Waals surface area contributed by atoms with Crippen LogP contribution in [0.4, 0.5) is 13.2 Å². The summed E-state index contributed by atoms with van der Waals surface area (Å²) in [4.78, 5) is 21.7. The van der Waals surface area contributed by atoms with Crippen LogP contribution in [0.1, 0.15) is 6.92 Å². The molecule has 1 unspecified atom stereocenters. The quantitative estimate of drug-likeness (QED) is 0.607. The molecule has 25 heavy (non-hydrogen) atoms. The Morgan fingerprint density at radius 3 is 2.28 bits per heavy atom. The average molecular weight is 384 g/mol. The lowest BCUT2D eigenvalue weighted by Crippen LogP contribution is -2.39. The van der Waals surface area contributed by atoms with Crippen LogP contribution in [0.15, 0.2) is 29.2 Å². The van der Waals surface area contributed by atoms with Gasteiger partial charge in [0.25, 0.3) is 0 Å². The summed E-state index contributed by atoms with van der Waals surface area (Å²) in [5.41, 5.74) is 0. The van der Waals surface area contributed by atoms with Gasteiger partial charge in [0.1, 0.15) is 5.75 Å². The summed E-state index contributed by atoms with van der Waals surface area (Å²) in [6.07, 6.45) is -4.90. The lowest BCUT2D eigenvalue weighted by atomic mass is 10.2. The molecule has 1 aromatic rings. The Morgan fingerprint density at radius 2 is 1.80 bits per heavy atom. The Hall–Kier alpha value is -2.34. The molecular weight excluding hydrogens is 369 g/mol. The van der Waals surface area contributed by atoms with Gasteiger partial charge < -0.3 is 15.2 Å². The average Bonchev–Trinajstić information content (AvgIpc) is 2.49. The number of sulfonamides is 1. The molecule has 1 rings (SSSR count). The Labute approximate surface area is 141 Å². The van der Waals surface area contributed by atoms with E-state index in [1.807, 2.05) is 4.72 Å². The minimum atomic E-state index is -4.90. The number of rotatable bonds is 8. The molecule has 140 valence electrons. The van der Waals surface area contributed by atoms with E-state index in [-0.39, 0.29) is 11.4 Å². The second-order valence-corrected chi connectivity index (χ2v) is 6.65. The maximum absolute atomic E-state index is 12.0. The van der Waals surface area contributed by atoms with Crippen molar-refractivity contribution in [3.05, 3.63) is 24.3 Å². The molecule has 1 amide bonds. The first kappa shape index (κ1) is 20.7. The van der Waals surface area contributed by atoms with Gasteiger partial charge in [-0.15, -0.1) is 13.2 Å². The zero-order valence-electron chi connectivity index (χ0n) is 12.8. The number of carboxylic acid groups (broad SMARTS) is 1. The van der Waals surface area contributed by atoms with Crippen molar-refractivity contribution in [1.82, 2.24) is 10.0 Å². The van der Waals surface area contributed by atoms with Crippen LogP contribution < -0.4 is 14.8 Å². The Morgan fingerprint density at radius 1 is 1.24 bits per heavy atom. The summed E-state index contributed by atoms with van der Waals surface area (Å²) >= 11 is 0. The second-order valence-electron chi connectivity index (χ2n) is 4.89. The van der Waals surface area contributed by atoms with E-state index in [2.05, 4.69) is 10.1 Å². The van der Waals surface area contributed by atoms with Gasteiger partial charge in [-0.05, 0) is 24.3 Å². The van der Waals surface area contributed by atoms with E-state index < -0.39 is 46.5 Å². The van der Waals surface area contributed by atoms with E-state index in [1.165, 1.54) is 6.92 Å². The van der Waals surface area contributed by atoms with Crippen molar-refractivity contribution in [1.29, 1.82) is 0 Å². The van der Waals surface area contributed by atoms with Crippen LogP contribution in [0.3, 0.4) is 0 Å². The van der Waals surface area contributed by atoms with Gasteiger partial charge >= 0.3 is 12.3 Å². The number of ether oxygens (including phenoxy) is 1. The highest BCUT2D eigenvalue weighted by Gasteiger charge is 2.31. The summed E-state index contributed by atoms with van der Waals surface area (Å²) in [5.74, 6) is -3.32. The van der Waals surface area contributed by atoms with E-state index in [1.54, 1.807) is 0 Å². The third-order valence-electron chi connectivity index (χ3n) is 2.82. The lowest BCUT2D eigenvalue weighted by Gasteiger charge is -2.11. The summed E-state index contributed by atoms with van der Waals surface area (Å²) in [5, 5.41) is 10.9. The highest BCUT2D eigenvalue weighted by atomic mass is 32.2. The SMILES string of the molecule is CC(CNC(=O)CNS(=O)(=O)c1ccc(OC(F)(F)F)cc1)C(=O)O. The topological polar surface area (TPSA) is 122 Å². The number of carbonyl (C=O) groups excluding carboxylic acids is 1. The minimum Gasteiger partial charge on any atom is -0.481 e. The molecule has 1 atom stereocenters. The van der Waals surface area contributed by atoms with Crippen LogP contribution >= 0.6 is 0 Å². The number of benzene rings is 1. The smallest absolute Gasteiger partial charge is 0.481 e. The van der Waals surface area contributed by atoms with Gasteiger partial charge in [-0.3, -0.25) is 9.59 Å². The first-order chi connectivity index (χ1) is 11.4. The van der Waals surface area contributed by atoms with Gasteiger partial charge in [0.15, 0.2) is 0 Å². The number of aliphatic carboxylic acids is 1. The molecule has 0 aliphatic carbocycles. The van der Waals surface area contributed by atoms with E-state index in [0.717, 1.165) is 24.3 Å². The van der Waals surface area contributed by atoms with Crippen molar-refractivity contribution >= 4 is 21.9 Å². The Bertz CT molecular complexity index is 718. The number of carbonyl (C=O) groups is 2. The molecule has 0 spiro atoms. The van der Waals surface area contributed by atoms with Crippen molar-refractivity contribution in [2.24, 2.45) is 5.92 Å². The Balaban J connectivity index is 2.60. The molecule has 0 heterocycles. The lowest BCUT2D eigenvalue weighted by molar-refractivity contribution is -0.274. The molecule has 0 aliphatic rings. The van der Waals surface area contributed by atoms with Crippen LogP contribution in [0.5, 0.6) is 5.75 Å². The zero-order valence-corrected chi connectivity index (χ0v) is 13.6. The predicted molar refractivity (Wildman–Crippen MR) is 78.1 cm³/mol. The molecule has 0 saturated heterocycles. The van der Waals surface area contributed by atoms with E-state index in [4.69, 9.17) is 5.11 Å². The number of hydrogen-bond acceptors (Lipinski definition) is 5. The third-order valence-corrected chi connectivity index (χ3v) is 4.23. The van der Waals surface area contributed by atoms with Crippen LogP contribution in [-0.2, 0) is 19.6 Å². The largest absolute Gasteiger partial charge is 0.573 e. The van der Waals surface area contributed by atoms with Crippen molar-refractivity contribution in [3.8, 4) is 5.75 Å². The number of amides is 1. The molecule has 12 heteroatoms. The summed E-state index contributed by atoms with van der Waals surface area (Å²) in [6, 6.07) is 3.40. The molecule has 8 nitrogen and oxygen atoms in total. The fourth-order valence-corrected chi connectivity index (χ4v) is 2.46. The maximum Gasteiger partial charge on any atom is 0.573 e. The Kier molecular flexibility index (Phi) is 6.76. The standard InChI is InChI=1S/C13H15F3N2O6S/c1-8(12(20)21)6-17-11(19)7-18-25(22,23)10-4-2-9(3-5-10)24-13(14,15)16/h2-5,8,18H,6-7H2,1H3,(H,17,19)(H,20,21). The monoisotopic (exact) mass is 384 g/mol. The van der Waals surface area contributed by atoms with E-state index in [9.17, 15) is 31.2 Å². The molecule has 0 aromatic heterocycles. The molecule has 0 fully saturated rings. The van der Waals surface area contributed by atoms with Crippen LogP contribution in [-0.4, -0.2) is 44.9 Å². The van der Waals surface area contributed by atoms with Crippen molar-refractivity contribution < 1.29 is 41.0 Å². The summed E-state index contributed by atoms with van der Waals surface area (Å²) < 4.78 is 65.5. The molecule has 1 aromatic carbocycles. The van der Waals surface area contributed by atoms with Gasteiger partial charge in [0.05, 0.1) is 17.4 Å². The van der Waals surface area contributed by atoms with E-state index >= 15 is 0 Å². The molecule has 0 bridgehead atoms. The van der Waals surface area contributed by atoms with Crippen LogP contribution in [0.2, 0.25) is 0 Å². The van der Waals surface area contributed by atoms with Crippen molar-refractivity contribution in [2.75, 3.05) is 13.1 Å². The highest BCUT2D eigenvalue weighted by molar-refractivity contribution is 7.89. The summed E-state index contributed by atoms with van der Waals surface area (Å²) in [6.45, 7) is 0.520. The second kappa shape index (κ2) is 8.16. The normalized spacial score (nSPS) is 13.1. The van der Waals surface area contributed by atoms with Crippen molar-refractivity contribution in [3.63, 3.8) is 0 Å².